The number of carbonyl (C=O) groups is 1. The summed E-state index contributed by atoms with van der Waals surface area (Å²) in [4.78, 5) is 38.1. The molecule has 214 valence electrons. The average molecular weight is 573 g/mol. The van der Waals surface area contributed by atoms with Gasteiger partial charge in [0.05, 0.1) is 35.7 Å². The Bertz CT molecular complexity index is 1770. The van der Waals surface area contributed by atoms with Crippen molar-refractivity contribution in [3.8, 4) is 11.4 Å². The van der Waals surface area contributed by atoms with Gasteiger partial charge in [-0.05, 0) is 79.6 Å². The third-order valence-electron chi connectivity index (χ3n) is 6.84. The number of rotatable bonds is 9. The standard InChI is InChI=1S/C32H27F3N4O3/c1-3-42-24-12-10-23(11-13-24)39-31(37-28-9-5-4-8-25(28)32(39)41)20(2)38(19-21-7-6-14-36-18-21)29(40)17-22-15-26(33)30(35)27(34)16-22/h4-16,18,20H,3,17,19H2,1-2H3/t20-/m1/s1. The molecule has 0 N–H and O–H groups in total. The van der Waals surface area contributed by atoms with E-state index in [9.17, 15) is 22.8 Å². The number of nitrogens with zero attached hydrogens (tertiary/aromatic N) is 4. The Morgan fingerprint density at radius 3 is 2.36 bits per heavy atom. The quantitative estimate of drug-likeness (QED) is 0.205. The summed E-state index contributed by atoms with van der Waals surface area (Å²) >= 11 is 0. The van der Waals surface area contributed by atoms with Gasteiger partial charge in [-0.3, -0.25) is 19.1 Å². The number of ether oxygens (including phenoxy) is 1. The highest BCUT2D eigenvalue weighted by molar-refractivity contribution is 5.80. The zero-order valence-corrected chi connectivity index (χ0v) is 22.9. The third-order valence-corrected chi connectivity index (χ3v) is 6.84. The van der Waals surface area contributed by atoms with Gasteiger partial charge < -0.3 is 9.64 Å². The number of hydrogen-bond acceptors (Lipinski definition) is 5. The van der Waals surface area contributed by atoms with Crippen LogP contribution < -0.4 is 10.3 Å². The Morgan fingerprint density at radius 1 is 0.976 bits per heavy atom. The van der Waals surface area contributed by atoms with Crippen LogP contribution in [-0.2, 0) is 17.8 Å². The molecular weight excluding hydrogens is 545 g/mol. The van der Waals surface area contributed by atoms with E-state index in [1.165, 1.54) is 9.47 Å². The molecule has 3 aromatic carbocycles. The van der Waals surface area contributed by atoms with E-state index in [2.05, 4.69) is 4.98 Å². The zero-order chi connectivity index (χ0) is 29.8. The van der Waals surface area contributed by atoms with E-state index in [0.29, 0.717) is 34.5 Å². The molecule has 0 bridgehead atoms. The summed E-state index contributed by atoms with van der Waals surface area (Å²) in [6.45, 7) is 4.13. The number of amides is 1. The Morgan fingerprint density at radius 2 is 1.69 bits per heavy atom. The molecule has 10 heteroatoms. The van der Waals surface area contributed by atoms with Gasteiger partial charge in [0.1, 0.15) is 11.6 Å². The van der Waals surface area contributed by atoms with E-state index in [1.54, 1.807) is 80.0 Å². The summed E-state index contributed by atoms with van der Waals surface area (Å²) in [6, 6.07) is 18.2. The lowest BCUT2D eigenvalue weighted by Crippen LogP contribution is -2.38. The van der Waals surface area contributed by atoms with Gasteiger partial charge in [-0.1, -0.05) is 18.2 Å². The van der Waals surface area contributed by atoms with Gasteiger partial charge in [-0.2, -0.15) is 0 Å². The summed E-state index contributed by atoms with van der Waals surface area (Å²) in [6.07, 6.45) is 2.77. The zero-order valence-electron chi connectivity index (χ0n) is 22.9. The van der Waals surface area contributed by atoms with Gasteiger partial charge in [0.25, 0.3) is 5.56 Å². The molecule has 0 saturated heterocycles. The van der Waals surface area contributed by atoms with Crippen molar-refractivity contribution >= 4 is 16.8 Å². The SMILES string of the molecule is CCOc1ccc(-n2c([C@@H](C)N(Cc3cccnc3)C(=O)Cc3cc(F)c(F)c(F)c3)nc3ccccc3c2=O)cc1. The minimum absolute atomic E-state index is 0.0323. The second kappa shape index (κ2) is 12.3. The molecule has 1 atom stereocenters. The average Bonchev–Trinajstić information content (AvgIpc) is 2.99. The Labute approximate surface area is 239 Å². The molecule has 42 heavy (non-hydrogen) atoms. The van der Waals surface area contributed by atoms with Gasteiger partial charge in [-0.25, -0.2) is 18.2 Å². The molecular formula is C32H27F3N4O3. The highest BCUT2D eigenvalue weighted by Crippen LogP contribution is 2.27. The summed E-state index contributed by atoms with van der Waals surface area (Å²) in [7, 11) is 0. The topological polar surface area (TPSA) is 77.3 Å². The normalized spacial score (nSPS) is 11.8. The predicted molar refractivity (Wildman–Crippen MR) is 152 cm³/mol. The summed E-state index contributed by atoms with van der Waals surface area (Å²) < 4.78 is 48.5. The van der Waals surface area contributed by atoms with Gasteiger partial charge in [-0.15, -0.1) is 0 Å². The molecule has 0 aliphatic carbocycles. The fourth-order valence-corrected chi connectivity index (χ4v) is 4.79. The van der Waals surface area contributed by atoms with Gasteiger partial charge in [0.15, 0.2) is 17.5 Å². The van der Waals surface area contributed by atoms with Crippen molar-refractivity contribution in [2.24, 2.45) is 0 Å². The second-order valence-electron chi connectivity index (χ2n) is 9.66. The van der Waals surface area contributed by atoms with Crippen molar-refractivity contribution < 1.29 is 22.7 Å². The number of aromatic nitrogens is 3. The van der Waals surface area contributed by atoms with Crippen LogP contribution in [0.3, 0.4) is 0 Å². The number of carbonyl (C=O) groups excluding carboxylic acids is 1. The minimum atomic E-state index is -1.61. The van der Waals surface area contributed by atoms with E-state index in [-0.39, 0.29) is 23.5 Å². The van der Waals surface area contributed by atoms with E-state index in [0.717, 1.165) is 12.1 Å². The number of halogens is 3. The molecule has 5 rings (SSSR count). The third kappa shape index (κ3) is 5.88. The van der Waals surface area contributed by atoms with Crippen LogP contribution in [0.4, 0.5) is 13.2 Å². The highest BCUT2D eigenvalue weighted by atomic mass is 19.2. The van der Waals surface area contributed by atoms with Crippen molar-refractivity contribution in [3.63, 3.8) is 0 Å². The molecule has 1 amide bonds. The molecule has 0 spiro atoms. The Kier molecular flexibility index (Phi) is 8.33. The summed E-state index contributed by atoms with van der Waals surface area (Å²) in [5, 5.41) is 0.393. The number of benzene rings is 3. The van der Waals surface area contributed by atoms with Crippen LogP contribution in [0.5, 0.6) is 5.75 Å². The molecule has 2 aromatic heterocycles. The van der Waals surface area contributed by atoms with Crippen molar-refractivity contribution in [3.05, 3.63) is 130 Å². The van der Waals surface area contributed by atoms with Crippen molar-refractivity contribution in [1.82, 2.24) is 19.4 Å². The molecule has 0 fully saturated rings. The lowest BCUT2D eigenvalue weighted by atomic mass is 10.1. The molecule has 0 aliphatic rings. The van der Waals surface area contributed by atoms with E-state index in [1.807, 2.05) is 6.92 Å². The fourth-order valence-electron chi connectivity index (χ4n) is 4.79. The maximum atomic E-state index is 14.0. The van der Waals surface area contributed by atoms with Gasteiger partial charge >= 0.3 is 0 Å². The van der Waals surface area contributed by atoms with E-state index in [4.69, 9.17) is 9.72 Å². The second-order valence-corrected chi connectivity index (χ2v) is 9.66. The van der Waals surface area contributed by atoms with Crippen LogP contribution in [0.1, 0.15) is 36.8 Å². The van der Waals surface area contributed by atoms with Crippen LogP contribution >= 0.6 is 0 Å². The first-order valence-electron chi connectivity index (χ1n) is 13.3. The van der Waals surface area contributed by atoms with Crippen LogP contribution in [0.25, 0.3) is 16.6 Å². The predicted octanol–water partition coefficient (Wildman–Crippen LogP) is 5.93. The lowest BCUT2D eigenvalue weighted by Gasteiger charge is -2.31. The molecule has 0 saturated carbocycles. The first kappa shape index (κ1) is 28.5. The summed E-state index contributed by atoms with van der Waals surface area (Å²) in [5.41, 5.74) is 1.28. The fraction of sp³-hybridized carbons (Fsp3) is 0.188. The number of fused-ring (bicyclic) bond motifs is 1. The Hall–Kier alpha value is -4.99. The van der Waals surface area contributed by atoms with E-state index < -0.39 is 35.8 Å². The van der Waals surface area contributed by atoms with Crippen LogP contribution in [0.2, 0.25) is 0 Å². The van der Waals surface area contributed by atoms with Crippen molar-refractivity contribution in [1.29, 1.82) is 0 Å². The molecule has 5 aromatic rings. The van der Waals surface area contributed by atoms with Crippen LogP contribution in [0, 0.1) is 17.5 Å². The van der Waals surface area contributed by atoms with Gasteiger partial charge in [0.2, 0.25) is 5.91 Å². The maximum absolute atomic E-state index is 14.0. The monoisotopic (exact) mass is 572 g/mol. The molecule has 7 nitrogen and oxygen atoms in total. The number of pyridine rings is 1. The largest absolute Gasteiger partial charge is 0.494 e. The van der Waals surface area contributed by atoms with Crippen molar-refractivity contribution in [2.75, 3.05) is 6.61 Å². The first-order valence-corrected chi connectivity index (χ1v) is 13.3. The number of hydrogen-bond donors (Lipinski definition) is 0. The summed E-state index contributed by atoms with van der Waals surface area (Å²) in [5.74, 6) is -3.99. The number of para-hydroxylation sites is 1. The highest BCUT2D eigenvalue weighted by Gasteiger charge is 2.28. The van der Waals surface area contributed by atoms with Crippen LogP contribution in [-0.4, -0.2) is 31.9 Å². The molecule has 2 heterocycles. The maximum Gasteiger partial charge on any atom is 0.266 e. The smallest absolute Gasteiger partial charge is 0.266 e. The van der Waals surface area contributed by atoms with E-state index >= 15 is 0 Å². The molecule has 0 unspecified atom stereocenters. The first-order chi connectivity index (χ1) is 20.3. The minimum Gasteiger partial charge on any atom is -0.494 e. The van der Waals surface area contributed by atoms with Gasteiger partial charge in [0, 0.05) is 18.9 Å². The van der Waals surface area contributed by atoms with Crippen molar-refractivity contribution in [2.45, 2.75) is 32.9 Å². The molecule has 0 radical (unpaired) electrons. The van der Waals surface area contributed by atoms with Crippen LogP contribution in [0.15, 0.2) is 90.0 Å². The lowest BCUT2D eigenvalue weighted by molar-refractivity contribution is -0.133. The Balaban J connectivity index is 1.63. The molecule has 0 aliphatic heterocycles.